The van der Waals surface area contributed by atoms with Crippen molar-refractivity contribution in [2.45, 2.75) is 58.7 Å². The molecule has 0 radical (unpaired) electrons. The predicted octanol–water partition coefficient (Wildman–Crippen LogP) is 1.30. The summed E-state index contributed by atoms with van der Waals surface area (Å²) in [5.74, 6) is 0.0808. The Morgan fingerprint density at radius 3 is 2.31 bits per heavy atom. The zero-order valence-electron chi connectivity index (χ0n) is 11.4. The molecule has 0 bridgehead atoms. The second kappa shape index (κ2) is 6.86. The molecule has 0 aliphatic carbocycles. The SMILES string of the molecule is COC(C)C(C)NCCC(=O)NC(C)(C)C. The van der Waals surface area contributed by atoms with Crippen LogP contribution < -0.4 is 10.6 Å². The highest BCUT2D eigenvalue weighted by Gasteiger charge is 2.14. The van der Waals surface area contributed by atoms with Gasteiger partial charge in [0.15, 0.2) is 0 Å². The topological polar surface area (TPSA) is 50.4 Å². The Labute approximate surface area is 99.1 Å². The van der Waals surface area contributed by atoms with E-state index in [2.05, 4.69) is 17.6 Å². The lowest BCUT2D eigenvalue weighted by Gasteiger charge is -2.22. The first-order chi connectivity index (χ1) is 7.26. The van der Waals surface area contributed by atoms with Crippen molar-refractivity contribution in [3.63, 3.8) is 0 Å². The first-order valence-corrected chi connectivity index (χ1v) is 5.83. The maximum absolute atomic E-state index is 11.5. The Hall–Kier alpha value is -0.610. The number of nitrogens with one attached hydrogen (secondary N) is 2. The molecule has 16 heavy (non-hydrogen) atoms. The monoisotopic (exact) mass is 230 g/mol. The van der Waals surface area contributed by atoms with Gasteiger partial charge in [0.25, 0.3) is 0 Å². The molecular formula is C12H26N2O2. The average molecular weight is 230 g/mol. The summed E-state index contributed by atoms with van der Waals surface area (Å²) in [6, 6.07) is 0.257. The van der Waals surface area contributed by atoms with Gasteiger partial charge in [-0.15, -0.1) is 0 Å². The van der Waals surface area contributed by atoms with Gasteiger partial charge >= 0.3 is 0 Å². The summed E-state index contributed by atoms with van der Waals surface area (Å²) in [6.07, 6.45) is 0.656. The Bertz CT molecular complexity index is 212. The van der Waals surface area contributed by atoms with E-state index in [-0.39, 0.29) is 23.6 Å². The van der Waals surface area contributed by atoms with Gasteiger partial charge in [-0.05, 0) is 34.6 Å². The van der Waals surface area contributed by atoms with Crippen LogP contribution in [0.25, 0.3) is 0 Å². The van der Waals surface area contributed by atoms with Crippen LogP contribution in [0.2, 0.25) is 0 Å². The van der Waals surface area contributed by atoms with Gasteiger partial charge in [0.2, 0.25) is 5.91 Å². The second-order valence-corrected chi connectivity index (χ2v) is 5.23. The molecule has 1 amide bonds. The van der Waals surface area contributed by atoms with Crippen molar-refractivity contribution in [3.05, 3.63) is 0 Å². The average Bonchev–Trinajstić information content (AvgIpc) is 2.13. The standard InChI is InChI=1S/C12H26N2O2/c1-9(10(2)16-6)13-8-7-11(15)14-12(3,4)5/h9-10,13H,7-8H2,1-6H3,(H,14,15). The molecule has 4 nitrogen and oxygen atoms in total. The van der Waals surface area contributed by atoms with Crippen LogP contribution >= 0.6 is 0 Å². The van der Waals surface area contributed by atoms with Crippen molar-refractivity contribution < 1.29 is 9.53 Å². The van der Waals surface area contributed by atoms with Crippen molar-refractivity contribution in [1.82, 2.24) is 10.6 Å². The number of carbonyl (C=O) groups excluding carboxylic acids is 1. The molecule has 0 saturated heterocycles. The smallest absolute Gasteiger partial charge is 0.221 e. The highest BCUT2D eigenvalue weighted by molar-refractivity contribution is 5.76. The van der Waals surface area contributed by atoms with E-state index in [1.807, 2.05) is 27.7 Å². The lowest BCUT2D eigenvalue weighted by molar-refractivity contribution is -0.122. The third kappa shape index (κ3) is 7.65. The van der Waals surface area contributed by atoms with Crippen LogP contribution in [0.1, 0.15) is 41.0 Å². The summed E-state index contributed by atoms with van der Waals surface area (Å²) in [6.45, 7) is 10.7. The third-order valence-electron chi connectivity index (χ3n) is 2.41. The van der Waals surface area contributed by atoms with Crippen LogP contribution in [0.15, 0.2) is 0 Å². The summed E-state index contributed by atoms with van der Waals surface area (Å²) in [4.78, 5) is 11.5. The van der Waals surface area contributed by atoms with E-state index in [0.29, 0.717) is 13.0 Å². The van der Waals surface area contributed by atoms with Crippen LogP contribution in [0.4, 0.5) is 0 Å². The lowest BCUT2D eigenvalue weighted by atomic mass is 10.1. The first kappa shape index (κ1) is 15.4. The molecule has 0 rings (SSSR count). The van der Waals surface area contributed by atoms with E-state index in [0.717, 1.165) is 0 Å². The third-order valence-corrected chi connectivity index (χ3v) is 2.41. The molecule has 4 heteroatoms. The molecule has 0 heterocycles. The van der Waals surface area contributed by atoms with Crippen LogP contribution in [-0.4, -0.2) is 37.2 Å². The lowest BCUT2D eigenvalue weighted by Crippen LogP contribution is -2.43. The molecule has 0 aliphatic rings. The predicted molar refractivity (Wildman–Crippen MR) is 66.4 cm³/mol. The number of methoxy groups -OCH3 is 1. The Morgan fingerprint density at radius 1 is 1.31 bits per heavy atom. The second-order valence-electron chi connectivity index (χ2n) is 5.23. The van der Waals surface area contributed by atoms with Crippen molar-refractivity contribution in [2.24, 2.45) is 0 Å². The molecule has 96 valence electrons. The van der Waals surface area contributed by atoms with Gasteiger partial charge in [0, 0.05) is 31.7 Å². The molecule has 0 spiro atoms. The van der Waals surface area contributed by atoms with Crippen LogP contribution in [0.3, 0.4) is 0 Å². The molecule has 0 saturated carbocycles. The summed E-state index contributed by atoms with van der Waals surface area (Å²) in [5, 5.41) is 6.19. The fourth-order valence-corrected chi connectivity index (χ4v) is 1.26. The molecule has 2 N–H and O–H groups in total. The number of ether oxygens (including phenoxy) is 1. The molecule has 0 aromatic carbocycles. The molecule has 0 aromatic rings. The molecular weight excluding hydrogens is 204 g/mol. The maximum atomic E-state index is 11.5. The summed E-state index contributed by atoms with van der Waals surface area (Å²) in [5.41, 5.74) is -0.150. The van der Waals surface area contributed by atoms with Crippen LogP contribution in [0, 0.1) is 0 Å². The van der Waals surface area contributed by atoms with Crippen molar-refractivity contribution in [1.29, 1.82) is 0 Å². The van der Waals surface area contributed by atoms with Crippen LogP contribution in [-0.2, 0) is 9.53 Å². The normalized spacial score (nSPS) is 15.6. The van der Waals surface area contributed by atoms with E-state index in [9.17, 15) is 4.79 Å². The van der Waals surface area contributed by atoms with E-state index in [1.165, 1.54) is 0 Å². The van der Waals surface area contributed by atoms with Gasteiger partial charge in [-0.1, -0.05) is 0 Å². The number of rotatable bonds is 6. The van der Waals surface area contributed by atoms with Gasteiger partial charge in [-0.25, -0.2) is 0 Å². The van der Waals surface area contributed by atoms with E-state index in [1.54, 1.807) is 7.11 Å². The molecule has 0 aromatic heterocycles. The maximum Gasteiger partial charge on any atom is 0.221 e. The molecule has 2 atom stereocenters. The summed E-state index contributed by atoms with van der Waals surface area (Å²) < 4.78 is 5.19. The minimum absolute atomic E-state index is 0.0808. The Morgan fingerprint density at radius 2 is 1.88 bits per heavy atom. The Balaban J connectivity index is 3.70. The molecule has 0 fully saturated rings. The fourth-order valence-electron chi connectivity index (χ4n) is 1.26. The first-order valence-electron chi connectivity index (χ1n) is 5.83. The quantitative estimate of drug-likeness (QED) is 0.723. The van der Waals surface area contributed by atoms with Gasteiger partial charge in [-0.2, -0.15) is 0 Å². The van der Waals surface area contributed by atoms with Gasteiger partial charge < -0.3 is 15.4 Å². The van der Waals surface area contributed by atoms with E-state index in [4.69, 9.17) is 4.74 Å². The number of carbonyl (C=O) groups is 1. The summed E-state index contributed by atoms with van der Waals surface area (Å²) in [7, 11) is 1.69. The highest BCUT2D eigenvalue weighted by Crippen LogP contribution is 1.99. The van der Waals surface area contributed by atoms with Crippen LogP contribution in [0.5, 0.6) is 0 Å². The van der Waals surface area contributed by atoms with E-state index >= 15 is 0 Å². The van der Waals surface area contributed by atoms with Crippen molar-refractivity contribution in [3.8, 4) is 0 Å². The Kier molecular flexibility index (Phi) is 6.60. The number of hydrogen-bond acceptors (Lipinski definition) is 3. The summed E-state index contributed by atoms with van der Waals surface area (Å²) >= 11 is 0. The number of amides is 1. The van der Waals surface area contributed by atoms with E-state index < -0.39 is 0 Å². The molecule has 0 aliphatic heterocycles. The van der Waals surface area contributed by atoms with Gasteiger partial charge in [0.1, 0.15) is 0 Å². The van der Waals surface area contributed by atoms with Crippen molar-refractivity contribution in [2.75, 3.05) is 13.7 Å². The zero-order chi connectivity index (χ0) is 12.8. The molecule has 2 unspecified atom stereocenters. The minimum Gasteiger partial charge on any atom is -0.380 e. The minimum atomic E-state index is -0.150. The largest absolute Gasteiger partial charge is 0.380 e. The highest BCUT2D eigenvalue weighted by atomic mass is 16.5. The number of hydrogen-bond donors (Lipinski definition) is 2. The van der Waals surface area contributed by atoms with Crippen molar-refractivity contribution >= 4 is 5.91 Å². The van der Waals surface area contributed by atoms with Gasteiger partial charge in [-0.3, -0.25) is 4.79 Å². The zero-order valence-corrected chi connectivity index (χ0v) is 11.4. The fraction of sp³-hybridized carbons (Fsp3) is 0.917. The van der Waals surface area contributed by atoms with Gasteiger partial charge in [0.05, 0.1) is 6.10 Å².